The monoisotopic (exact) mass is 260 g/mol. The molecule has 0 fully saturated rings. The lowest BCUT2D eigenvalue weighted by molar-refractivity contribution is 0.415. The number of hydrogen-bond acceptors (Lipinski definition) is 3. The normalized spacial score (nSPS) is 10.3. The number of anilines is 2. The molecular weight excluding hydrogens is 243 g/mol. The molecule has 0 saturated heterocycles. The van der Waals surface area contributed by atoms with Crippen molar-refractivity contribution in [3.63, 3.8) is 0 Å². The molecule has 2 rings (SSSR count). The van der Waals surface area contributed by atoms with Crippen LogP contribution in [0.3, 0.4) is 0 Å². The average molecular weight is 260 g/mol. The molecule has 3 nitrogen and oxygen atoms in total. The second kappa shape index (κ2) is 5.61. The number of nitrogens with two attached hydrogens (primary N) is 1. The fourth-order valence-electron chi connectivity index (χ4n) is 1.90. The molecule has 0 aliphatic heterocycles. The molecule has 0 heterocycles. The van der Waals surface area contributed by atoms with Gasteiger partial charge in [-0.25, -0.2) is 4.39 Å². The first kappa shape index (κ1) is 13.2. The highest BCUT2D eigenvalue weighted by Crippen LogP contribution is 2.25. The Labute approximate surface area is 112 Å². The molecule has 2 N–H and O–H groups in total. The molecule has 4 heteroatoms. The predicted octanol–water partition coefficient (Wildman–Crippen LogP) is 3.05. The molecule has 0 bridgehead atoms. The number of hydrogen-bond donors (Lipinski definition) is 1. The Hall–Kier alpha value is -2.23. The first-order chi connectivity index (χ1) is 9.08. The third-order valence-corrected chi connectivity index (χ3v) is 2.92. The van der Waals surface area contributed by atoms with Gasteiger partial charge in [0.05, 0.1) is 7.11 Å². The third kappa shape index (κ3) is 3.37. The molecule has 0 spiro atoms. The Morgan fingerprint density at radius 3 is 2.47 bits per heavy atom. The Balaban J connectivity index is 2.17. The van der Waals surface area contributed by atoms with Crippen LogP contribution in [0.4, 0.5) is 15.8 Å². The Bertz CT molecular complexity index is 555. The van der Waals surface area contributed by atoms with Crippen molar-refractivity contribution in [2.24, 2.45) is 0 Å². The van der Waals surface area contributed by atoms with Crippen molar-refractivity contribution in [3.8, 4) is 5.75 Å². The van der Waals surface area contributed by atoms with E-state index in [4.69, 9.17) is 10.5 Å². The maximum Gasteiger partial charge on any atom is 0.123 e. The van der Waals surface area contributed by atoms with E-state index in [1.54, 1.807) is 25.3 Å². The molecular formula is C15H17FN2O. The van der Waals surface area contributed by atoms with Crippen LogP contribution >= 0.6 is 0 Å². The molecule has 0 atom stereocenters. The van der Waals surface area contributed by atoms with Crippen molar-refractivity contribution < 1.29 is 9.13 Å². The van der Waals surface area contributed by atoms with Crippen LogP contribution in [0, 0.1) is 5.82 Å². The highest BCUT2D eigenvalue weighted by Gasteiger charge is 2.05. The first-order valence-corrected chi connectivity index (χ1v) is 5.98. The van der Waals surface area contributed by atoms with E-state index in [2.05, 4.69) is 0 Å². The molecule has 0 amide bonds. The molecule has 0 aliphatic carbocycles. The van der Waals surface area contributed by atoms with Crippen LogP contribution in [0.1, 0.15) is 5.56 Å². The summed E-state index contributed by atoms with van der Waals surface area (Å²) in [6, 6.07) is 12.0. The summed E-state index contributed by atoms with van der Waals surface area (Å²) in [6.07, 6.45) is 0. The lowest BCUT2D eigenvalue weighted by atomic mass is 10.2. The molecule has 0 unspecified atom stereocenters. The van der Waals surface area contributed by atoms with Gasteiger partial charge in [0, 0.05) is 37.1 Å². The van der Waals surface area contributed by atoms with Crippen LogP contribution in [-0.4, -0.2) is 14.2 Å². The third-order valence-electron chi connectivity index (χ3n) is 2.92. The van der Waals surface area contributed by atoms with Crippen LogP contribution < -0.4 is 15.4 Å². The van der Waals surface area contributed by atoms with Crippen LogP contribution in [0.15, 0.2) is 42.5 Å². The maximum atomic E-state index is 12.9. The molecule has 0 saturated carbocycles. The summed E-state index contributed by atoms with van der Waals surface area (Å²) in [5, 5.41) is 0. The summed E-state index contributed by atoms with van der Waals surface area (Å²) in [7, 11) is 3.57. The van der Waals surface area contributed by atoms with Gasteiger partial charge in [-0.15, -0.1) is 0 Å². The number of rotatable bonds is 4. The molecule has 100 valence electrons. The van der Waals surface area contributed by atoms with Gasteiger partial charge in [-0.2, -0.15) is 0 Å². The smallest absolute Gasteiger partial charge is 0.123 e. The van der Waals surface area contributed by atoms with Crippen LogP contribution in [0.5, 0.6) is 5.75 Å². The van der Waals surface area contributed by atoms with Crippen molar-refractivity contribution in [2.75, 3.05) is 24.8 Å². The standard InChI is InChI=1S/C15H17FN2O/c1-18(10-11-3-5-12(16)6-4-11)14-7-13(17)8-15(9-14)19-2/h3-9H,10,17H2,1-2H3. The van der Waals surface area contributed by atoms with Gasteiger partial charge in [-0.05, 0) is 23.8 Å². The number of methoxy groups -OCH3 is 1. The van der Waals surface area contributed by atoms with Crippen molar-refractivity contribution in [1.29, 1.82) is 0 Å². The second-order valence-electron chi connectivity index (χ2n) is 4.45. The van der Waals surface area contributed by atoms with Crippen molar-refractivity contribution in [3.05, 3.63) is 53.8 Å². The number of halogens is 1. The Morgan fingerprint density at radius 2 is 1.84 bits per heavy atom. The summed E-state index contributed by atoms with van der Waals surface area (Å²) in [5.74, 6) is 0.498. The van der Waals surface area contributed by atoms with E-state index in [-0.39, 0.29) is 5.82 Å². The minimum absolute atomic E-state index is 0.225. The fraction of sp³-hybridized carbons (Fsp3) is 0.200. The first-order valence-electron chi connectivity index (χ1n) is 5.98. The van der Waals surface area contributed by atoms with Gasteiger partial charge >= 0.3 is 0 Å². The summed E-state index contributed by atoms with van der Waals surface area (Å²) in [5.41, 5.74) is 8.47. The molecule has 0 aromatic heterocycles. The van der Waals surface area contributed by atoms with Gasteiger partial charge in [0.1, 0.15) is 11.6 Å². The lowest BCUT2D eigenvalue weighted by Gasteiger charge is -2.20. The second-order valence-corrected chi connectivity index (χ2v) is 4.45. The minimum atomic E-state index is -0.225. The van der Waals surface area contributed by atoms with Crippen molar-refractivity contribution >= 4 is 11.4 Å². The summed E-state index contributed by atoms with van der Waals surface area (Å²) >= 11 is 0. The van der Waals surface area contributed by atoms with E-state index >= 15 is 0 Å². The average Bonchev–Trinajstić information content (AvgIpc) is 2.40. The number of nitrogens with zero attached hydrogens (tertiary/aromatic N) is 1. The molecule has 0 aliphatic rings. The van der Waals surface area contributed by atoms with Crippen LogP contribution in [0.2, 0.25) is 0 Å². The molecule has 2 aromatic carbocycles. The van der Waals surface area contributed by atoms with Crippen molar-refractivity contribution in [2.45, 2.75) is 6.54 Å². The van der Waals surface area contributed by atoms with E-state index < -0.39 is 0 Å². The zero-order chi connectivity index (χ0) is 13.8. The number of benzene rings is 2. The highest BCUT2D eigenvalue weighted by molar-refractivity contribution is 5.60. The van der Waals surface area contributed by atoms with Crippen molar-refractivity contribution in [1.82, 2.24) is 0 Å². The summed E-state index contributed by atoms with van der Waals surface area (Å²) in [6.45, 7) is 0.673. The number of ether oxygens (including phenoxy) is 1. The Morgan fingerprint density at radius 1 is 1.16 bits per heavy atom. The predicted molar refractivity (Wildman–Crippen MR) is 75.9 cm³/mol. The van der Waals surface area contributed by atoms with E-state index in [9.17, 15) is 4.39 Å². The van der Waals surface area contributed by atoms with Crippen LogP contribution in [0.25, 0.3) is 0 Å². The molecule has 2 aromatic rings. The molecule has 19 heavy (non-hydrogen) atoms. The quantitative estimate of drug-likeness (QED) is 0.859. The van der Waals surface area contributed by atoms with Gasteiger partial charge in [-0.3, -0.25) is 0 Å². The zero-order valence-electron chi connectivity index (χ0n) is 11.1. The largest absolute Gasteiger partial charge is 0.497 e. The van der Waals surface area contributed by atoms with Gasteiger partial charge in [0.2, 0.25) is 0 Å². The molecule has 0 radical (unpaired) electrons. The minimum Gasteiger partial charge on any atom is -0.497 e. The van der Waals surface area contributed by atoms with Gasteiger partial charge < -0.3 is 15.4 Å². The Kier molecular flexibility index (Phi) is 3.90. The van der Waals surface area contributed by atoms with E-state index in [1.165, 1.54) is 12.1 Å². The highest BCUT2D eigenvalue weighted by atomic mass is 19.1. The van der Waals surface area contributed by atoms with Gasteiger partial charge in [-0.1, -0.05) is 12.1 Å². The van der Waals surface area contributed by atoms with E-state index in [0.717, 1.165) is 17.0 Å². The fourth-order valence-corrected chi connectivity index (χ4v) is 1.90. The summed E-state index contributed by atoms with van der Waals surface area (Å²) in [4.78, 5) is 2.03. The van der Waals surface area contributed by atoms with Gasteiger partial charge in [0.25, 0.3) is 0 Å². The van der Waals surface area contributed by atoms with E-state index in [1.807, 2.05) is 24.1 Å². The topological polar surface area (TPSA) is 38.5 Å². The summed E-state index contributed by atoms with van der Waals surface area (Å²) < 4.78 is 18.0. The zero-order valence-corrected chi connectivity index (χ0v) is 11.1. The maximum absolute atomic E-state index is 12.9. The number of nitrogen functional groups attached to an aromatic ring is 1. The lowest BCUT2D eigenvalue weighted by Crippen LogP contribution is -2.16. The SMILES string of the molecule is COc1cc(N)cc(N(C)Cc2ccc(F)cc2)c1. The van der Waals surface area contributed by atoms with Crippen LogP contribution in [-0.2, 0) is 6.54 Å². The van der Waals surface area contributed by atoms with Gasteiger partial charge in [0.15, 0.2) is 0 Å². The van der Waals surface area contributed by atoms with E-state index in [0.29, 0.717) is 12.2 Å².